The van der Waals surface area contributed by atoms with Crippen LogP contribution in [0.3, 0.4) is 0 Å². The van der Waals surface area contributed by atoms with Crippen molar-refractivity contribution in [1.82, 2.24) is 0 Å². The van der Waals surface area contributed by atoms with Crippen molar-refractivity contribution in [3.63, 3.8) is 0 Å². The van der Waals surface area contributed by atoms with Gasteiger partial charge in [-0.15, -0.1) is 11.3 Å². The van der Waals surface area contributed by atoms with Crippen molar-refractivity contribution in [3.8, 4) is 0 Å². The van der Waals surface area contributed by atoms with Crippen LogP contribution < -0.4 is 0 Å². The molecule has 0 nitrogen and oxygen atoms in total. The fraction of sp³-hybridized carbons (Fsp3) is 0.333. The van der Waals surface area contributed by atoms with Crippen LogP contribution in [0.1, 0.15) is 4.88 Å². The summed E-state index contributed by atoms with van der Waals surface area (Å²) in [5.74, 6) is -3.28. The molecule has 1 rings (SSSR count). The smallest absolute Gasteiger partial charge is 0.244 e. The lowest BCUT2D eigenvalue weighted by atomic mass is 10.3. The van der Waals surface area contributed by atoms with Gasteiger partial charge in [0, 0.05) is 0 Å². The van der Waals surface area contributed by atoms with Crippen molar-refractivity contribution >= 4 is 11.3 Å². The van der Waals surface area contributed by atoms with Crippen molar-refractivity contribution in [2.75, 3.05) is 6.67 Å². The van der Waals surface area contributed by atoms with E-state index >= 15 is 0 Å². The number of hydrogen-bond acceptors (Lipinski definition) is 1. The molecule has 0 fully saturated rings. The van der Waals surface area contributed by atoms with Crippen LogP contribution in [0, 0.1) is 0 Å². The molecule has 1 heterocycles. The minimum absolute atomic E-state index is 0.213. The lowest BCUT2D eigenvalue weighted by molar-refractivity contribution is -0.0245. The van der Waals surface area contributed by atoms with E-state index in [0.717, 1.165) is 11.3 Å². The first-order valence-corrected chi connectivity index (χ1v) is 3.52. The number of hydrogen-bond donors (Lipinski definition) is 0. The summed E-state index contributed by atoms with van der Waals surface area (Å²) in [5, 5.41) is 1.50. The van der Waals surface area contributed by atoms with Crippen LogP contribution in [0.2, 0.25) is 0 Å². The molecule has 0 amide bonds. The lowest BCUT2D eigenvalue weighted by Crippen LogP contribution is -2.13. The SMILES string of the molecule is FCC(F)(F)c1cccs1. The fourth-order valence-corrected chi connectivity index (χ4v) is 1.24. The Morgan fingerprint density at radius 2 is 2.20 bits per heavy atom. The van der Waals surface area contributed by atoms with Gasteiger partial charge in [0.15, 0.2) is 6.67 Å². The predicted octanol–water partition coefficient (Wildman–Crippen LogP) is 2.81. The maximum atomic E-state index is 12.4. The molecule has 4 heteroatoms. The summed E-state index contributed by atoms with van der Waals surface area (Å²) in [6, 6.07) is 2.70. The maximum absolute atomic E-state index is 12.4. The van der Waals surface area contributed by atoms with Crippen LogP contribution in [0.25, 0.3) is 0 Å². The summed E-state index contributed by atoms with van der Waals surface area (Å²) in [5.41, 5.74) is 0. The Kier molecular flexibility index (Phi) is 1.99. The summed E-state index contributed by atoms with van der Waals surface area (Å²) in [6.07, 6.45) is 0. The standard InChI is InChI=1S/C6H5F3S/c7-4-6(8,9)5-2-1-3-10-5/h1-3H,4H2. The minimum atomic E-state index is -3.28. The van der Waals surface area contributed by atoms with Gasteiger partial charge in [0.25, 0.3) is 0 Å². The monoisotopic (exact) mass is 166 g/mol. The largest absolute Gasteiger partial charge is 0.309 e. The van der Waals surface area contributed by atoms with Gasteiger partial charge in [-0.05, 0) is 11.4 Å². The third kappa shape index (κ3) is 1.31. The molecule has 0 aliphatic rings. The molecule has 0 unspecified atom stereocenters. The lowest BCUT2D eigenvalue weighted by Gasteiger charge is -2.07. The molecule has 0 spiro atoms. The van der Waals surface area contributed by atoms with Crippen LogP contribution in [-0.2, 0) is 5.92 Å². The van der Waals surface area contributed by atoms with E-state index < -0.39 is 12.6 Å². The molecule has 0 radical (unpaired) electrons. The first-order valence-electron chi connectivity index (χ1n) is 2.64. The van der Waals surface area contributed by atoms with Crippen molar-refractivity contribution < 1.29 is 13.2 Å². The Morgan fingerprint density at radius 1 is 1.50 bits per heavy atom. The van der Waals surface area contributed by atoms with Gasteiger partial charge in [0.05, 0.1) is 4.88 Å². The number of rotatable bonds is 2. The van der Waals surface area contributed by atoms with Gasteiger partial charge in [0.2, 0.25) is 0 Å². The molecule has 0 saturated carbocycles. The van der Waals surface area contributed by atoms with E-state index in [-0.39, 0.29) is 4.88 Å². The predicted molar refractivity (Wildman–Crippen MR) is 34.2 cm³/mol. The molecule has 0 aromatic carbocycles. The molecular formula is C6H5F3S. The van der Waals surface area contributed by atoms with Crippen molar-refractivity contribution in [2.24, 2.45) is 0 Å². The molecule has 0 atom stereocenters. The van der Waals surface area contributed by atoms with E-state index in [1.54, 1.807) is 0 Å². The molecule has 0 saturated heterocycles. The van der Waals surface area contributed by atoms with Crippen molar-refractivity contribution in [2.45, 2.75) is 5.92 Å². The highest BCUT2D eigenvalue weighted by Crippen LogP contribution is 2.31. The zero-order chi connectivity index (χ0) is 7.61. The molecule has 1 aromatic rings. The van der Waals surface area contributed by atoms with Gasteiger partial charge in [-0.3, -0.25) is 0 Å². The second-order valence-corrected chi connectivity index (χ2v) is 2.76. The zero-order valence-corrected chi connectivity index (χ0v) is 5.80. The normalized spacial score (nSPS) is 11.9. The van der Waals surface area contributed by atoms with E-state index in [9.17, 15) is 13.2 Å². The van der Waals surface area contributed by atoms with Crippen LogP contribution in [-0.4, -0.2) is 6.67 Å². The number of thiophene rings is 1. The van der Waals surface area contributed by atoms with E-state index in [1.165, 1.54) is 17.5 Å². The Bertz CT molecular complexity index is 193. The number of alkyl halides is 3. The molecule has 0 N–H and O–H groups in total. The van der Waals surface area contributed by atoms with E-state index in [4.69, 9.17) is 0 Å². The summed E-state index contributed by atoms with van der Waals surface area (Å²) in [4.78, 5) is -0.213. The van der Waals surface area contributed by atoms with Crippen LogP contribution in [0.15, 0.2) is 17.5 Å². The third-order valence-corrected chi connectivity index (χ3v) is 2.03. The summed E-state index contributed by atoms with van der Waals surface area (Å²) >= 11 is 0.864. The fourth-order valence-electron chi connectivity index (χ4n) is 0.553. The second-order valence-electron chi connectivity index (χ2n) is 1.82. The van der Waals surface area contributed by atoms with E-state index in [1.807, 2.05) is 0 Å². The first-order chi connectivity index (χ1) is 4.67. The van der Waals surface area contributed by atoms with Gasteiger partial charge >= 0.3 is 5.92 Å². The topological polar surface area (TPSA) is 0 Å². The van der Waals surface area contributed by atoms with Crippen LogP contribution >= 0.6 is 11.3 Å². The van der Waals surface area contributed by atoms with Gasteiger partial charge < -0.3 is 0 Å². The van der Waals surface area contributed by atoms with E-state index in [0.29, 0.717) is 0 Å². The number of halogens is 3. The molecule has 0 aliphatic heterocycles. The Hall–Kier alpha value is -0.510. The highest BCUT2D eigenvalue weighted by molar-refractivity contribution is 7.10. The average molecular weight is 166 g/mol. The highest BCUT2D eigenvalue weighted by Gasteiger charge is 2.32. The summed E-state index contributed by atoms with van der Waals surface area (Å²) in [6.45, 7) is -1.62. The Labute approximate surface area is 60.3 Å². The van der Waals surface area contributed by atoms with Crippen molar-refractivity contribution in [3.05, 3.63) is 22.4 Å². The van der Waals surface area contributed by atoms with Gasteiger partial charge in [0.1, 0.15) is 0 Å². The zero-order valence-electron chi connectivity index (χ0n) is 4.98. The van der Waals surface area contributed by atoms with E-state index in [2.05, 4.69) is 0 Å². The minimum Gasteiger partial charge on any atom is -0.244 e. The second kappa shape index (κ2) is 2.62. The van der Waals surface area contributed by atoms with Gasteiger partial charge in [-0.25, -0.2) is 4.39 Å². The van der Waals surface area contributed by atoms with Crippen LogP contribution in [0.4, 0.5) is 13.2 Å². The molecule has 56 valence electrons. The molecule has 1 aromatic heterocycles. The molecule has 0 bridgehead atoms. The Morgan fingerprint density at radius 3 is 2.60 bits per heavy atom. The quantitative estimate of drug-likeness (QED) is 0.633. The summed E-state index contributed by atoms with van der Waals surface area (Å²) in [7, 11) is 0. The van der Waals surface area contributed by atoms with Crippen LogP contribution in [0.5, 0.6) is 0 Å². The maximum Gasteiger partial charge on any atom is 0.309 e. The van der Waals surface area contributed by atoms with Gasteiger partial charge in [-0.1, -0.05) is 6.07 Å². The molecule has 10 heavy (non-hydrogen) atoms. The third-order valence-electron chi connectivity index (χ3n) is 1.05. The summed E-state index contributed by atoms with van der Waals surface area (Å²) < 4.78 is 36.3. The molecular weight excluding hydrogens is 161 g/mol. The highest BCUT2D eigenvalue weighted by atomic mass is 32.1. The van der Waals surface area contributed by atoms with Crippen molar-refractivity contribution in [1.29, 1.82) is 0 Å². The Balaban J connectivity index is 2.85. The first kappa shape index (κ1) is 7.60. The van der Waals surface area contributed by atoms with Gasteiger partial charge in [-0.2, -0.15) is 8.78 Å². The average Bonchev–Trinajstić information content (AvgIpc) is 2.38. The molecule has 0 aliphatic carbocycles.